The zero-order chi connectivity index (χ0) is 10.7. The third-order valence-corrected chi connectivity index (χ3v) is 4.73. The van der Waals surface area contributed by atoms with Gasteiger partial charge in [-0.25, -0.2) is 0 Å². The quantitative estimate of drug-likeness (QED) is 0.921. The number of hydrogen-bond donors (Lipinski definition) is 1. The first kappa shape index (κ1) is 11.1. The smallest absolute Gasteiger partial charge is 0.131 e. The summed E-state index contributed by atoms with van der Waals surface area (Å²) in [6.07, 6.45) is 5.01. The van der Waals surface area contributed by atoms with Crippen molar-refractivity contribution in [3.63, 3.8) is 0 Å². The van der Waals surface area contributed by atoms with E-state index in [1.807, 2.05) is 11.4 Å². The normalized spacial score (nSPS) is 18.9. The van der Waals surface area contributed by atoms with Gasteiger partial charge in [-0.05, 0) is 40.2 Å². The topological polar surface area (TPSA) is 35.8 Å². The molecule has 1 unspecified atom stereocenters. The fourth-order valence-corrected chi connectivity index (χ4v) is 3.62. The number of hydrogen-bond acceptors (Lipinski definition) is 3. The molecule has 1 heterocycles. The SMILES string of the molecule is N#CC(NC1CCCC1)c1sccc1Br. The van der Waals surface area contributed by atoms with Gasteiger partial charge >= 0.3 is 0 Å². The molecule has 15 heavy (non-hydrogen) atoms. The molecular formula is C11H13BrN2S. The number of nitrogens with one attached hydrogen (secondary N) is 1. The van der Waals surface area contributed by atoms with Crippen molar-refractivity contribution in [3.8, 4) is 6.07 Å². The third-order valence-electron chi connectivity index (χ3n) is 2.79. The number of thiophene rings is 1. The van der Waals surface area contributed by atoms with Crippen LogP contribution in [0.15, 0.2) is 15.9 Å². The second kappa shape index (κ2) is 5.11. The summed E-state index contributed by atoms with van der Waals surface area (Å²) >= 11 is 5.11. The monoisotopic (exact) mass is 284 g/mol. The molecule has 4 heteroatoms. The maximum Gasteiger partial charge on any atom is 0.131 e. The van der Waals surface area contributed by atoms with Crippen molar-refractivity contribution in [2.45, 2.75) is 37.8 Å². The van der Waals surface area contributed by atoms with Gasteiger partial charge in [0.15, 0.2) is 0 Å². The van der Waals surface area contributed by atoms with E-state index >= 15 is 0 Å². The van der Waals surface area contributed by atoms with Gasteiger partial charge < -0.3 is 0 Å². The maximum atomic E-state index is 9.16. The standard InChI is InChI=1S/C11H13BrN2S/c12-9-5-6-15-11(9)10(7-13)14-8-3-1-2-4-8/h5-6,8,10,14H,1-4H2. The van der Waals surface area contributed by atoms with Crippen LogP contribution in [0.2, 0.25) is 0 Å². The van der Waals surface area contributed by atoms with Gasteiger partial charge in [-0.3, -0.25) is 5.32 Å². The molecule has 1 atom stereocenters. The molecule has 0 amide bonds. The van der Waals surface area contributed by atoms with Crippen molar-refractivity contribution in [2.24, 2.45) is 0 Å². The molecule has 0 saturated heterocycles. The molecule has 0 aliphatic heterocycles. The Bertz CT molecular complexity index is 363. The molecule has 1 N–H and O–H groups in total. The second-order valence-corrected chi connectivity index (χ2v) is 5.64. The first-order chi connectivity index (χ1) is 7.31. The van der Waals surface area contributed by atoms with E-state index in [0.717, 1.165) is 9.35 Å². The first-order valence-electron chi connectivity index (χ1n) is 5.20. The Morgan fingerprint density at radius 2 is 2.27 bits per heavy atom. The molecule has 80 valence electrons. The van der Waals surface area contributed by atoms with Gasteiger partial charge in [-0.2, -0.15) is 5.26 Å². The molecule has 1 aromatic heterocycles. The molecular weight excluding hydrogens is 272 g/mol. The fourth-order valence-electron chi connectivity index (χ4n) is 2.01. The highest BCUT2D eigenvalue weighted by atomic mass is 79.9. The summed E-state index contributed by atoms with van der Waals surface area (Å²) in [7, 11) is 0. The molecule has 2 rings (SSSR count). The lowest BCUT2D eigenvalue weighted by Gasteiger charge is -2.16. The Morgan fingerprint density at radius 3 is 2.80 bits per heavy atom. The van der Waals surface area contributed by atoms with E-state index in [1.165, 1.54) is 25.7 Å². The maximum absolute atomic E-state index is 9.16. The molecule has 0 bridgehead atoms. The number of rotatable bonds is 3. The van der Waals surface area contributed by atoms with Gasteiger partial charge in [0.25, 0.3) is 0 Å². The van der Waals surface area contributed by atoms with Crippen molar-refractivity contribution in [1.29, 1.82) is 5.26 Å². The van der Waals surface area contributed by atoms with E-state index in [1.54, 1.807) is 11.3 Å². The summed E-state index contributed by atoms with van der Waals surface area (Å²) in [5.74, 6) is 0. The molecule has 1 aliphatic carbocycles. The van der Waals surface area contributed by atoms with Gasteiger partial charge in [0, 0.05) is 10.5 Å². The summed E-state index contributed by atoms with van der Waals surface area (Å²) in [6, 6.07) is 4.72. The van der Waals surface area contributed by atoms with E-state index in [4.69, 9.17) is 5.26 Å². The van der Waals surface area contributed by atoms with Crippen LogP contribution in [0.3, 0.4) is 0 Å². The Kier molecular flexibility index (Phi) is 3.79. The van der Waals surface area contributed by atoms with Crippen molar-refractivity contribution in [1.82, 2.24) is 5.32 Å². The van der Waals surface area contributed by atoms with E-state index in [9.17, 15) is 0 Å². The first-order valence-corrected chi connectivity index (χ1v) is 6.87. The molecule has 0 spiro atoms. The van der Waals surface area contributed by atoms with Crippen LogP contribution in [0.4, 0.5) is 0 Å². The highest BCUT2D eigenvalue weighted by Gasteiger charge is 2.21. The molecule has 1 aliphatic rings. The van der Waals surface area contributed by atoms with Crippen LogP contribution in [0.25, 0.3) is 0 Å². The number of nitriles is 1. The van der Waals surface area contributed by atoms with Gasteiger partial charge in [-0.1, -0.05) is 12.8 Å². The van der Waals surface area contributed by atoms with Crippen molar-refractivity contribution in [2.75, 3.05) is 0 Å². The molecule has 0 aromatic carbocycles. The zero-order valence-electron chi connectivity index (χ0n) is 8.37. The van der Waals surface area contributed by atoms with Gasteiger partial charge in [0.05, 0.1) is 10.9 Å². The molecule has 0 radical (unpaired) electrons. The summed E-state index contributed by atoms with van der Waals surface area (Å²) in [5, 5.41) is 14.6. The predicted molar refractivity (Wildman–Crippen MR) is 65.8 cm³/mol. The Balaban J connectivity index is 2.05. The second-order valence-electron chi connectivity index (χ2n) is 3.84. The highest BCUT2D eigenvalue weighted by Crippen LogP contribution is 2.30. The minimum Gasteiger partial charge on any atom is -0.295 e. The minimum atomic E-state index is -0.150. The molecule has 1 fully saturated rings. The van der Waals surface area contributed by atoms with Crippen LogP contribution in [0.5, 0.6) is 0 Å². The van der Waals surface area contributed by atoms with Crippen molar-refractivity contribution in [3.05, 3.63) is 20.8 Å². The number of nitrogens with zero attached hydrogens (tertiary/aromatic N) is 1. The van der Waals surface area contributed by atoms with E-state index in [0.29, 0.717) is 6.04 Å². The Morgan fingerprint density at radius 1 is 1.53 bits per heavy atom. The van der Waals surface area contributed by atoms with E-state index in [2.05, 4.69) is 27.3 Å². The lowest BCUT2D eigenvalue weighted by molar-refractivity contribution is 0.495. The van der Waals surface area contributed by atoms with Crippen LogP contribution >= 0.6 is 27.3 Å². The van der Waals surface area contributed by atoms with Crippen LogP contribution in [0, 0.1) is 11.3 Å². The van der Waals surface area contributed by atoms with Crippen LogP contribution in [0.1, 0.15) is 36.6 Å². The Hall–Kier alpha value is -0.370. The van der Waals surface area contributed by atoms with E-state index < -0.39 is 0 Å². The van der Waals surface area contributed by atoms with Crippen LogP contribution in [-0.4, -0.2) is 6.04 Å². The lowest BCUT2D eigenvalue weighted by atomic mass is 10.2. The largest absolute Gasteiger partial charge is 0.295 e. The summed E-state index contributed by atoms with van der Waals surface area (Å²) in [6.45, 7) is 0. The van der Waals surface area contributed by atoms with Crippen LogP contribution < -0.4 is 5.32 Å². The average Bonchev–Trinajstić information content (AvgIpc) is 2.85. The fraction of sp³-hybridized carbons (Fsp3) is 0.545. The predicted octanol–water partition coefficient (Wildman–Crippen LogP) is 3.61. The van der Waals surface area contributed by atoms with Crippen molar-refractivity contribution >= 4 is 27.3 Å². The highest BCUT2D eigenvalue weighted by molar-refractivity contribution is 9.10. The minimum absolute atomic E-state index is 0.150. The van der Waals surface area contributed by atoms with Gasteiger partial charge in [-0.15, -0.1) is 11.3 Å². The van der Waals surface area contributed by atoms with Gasteiger partial charge in [0.1, 0.15) is 6.04 Å². The average molecular weight is 285 g/mol. The lowest BCUT2D eigenvalue weighted by Crippen LogP contribution is -2.29. The summed E-state index contributed by atoms with van der Waals surface area (Å²) < 4.78 is 1.05. The summed E-state index contributed by atoms with van der Waals surface area (Å²) in [4.78, 5) is 1.10. The summed E-state index contributed by atoms with van der Waals surface area (Å²) in [5.41, 5.74) is 0. The Labute approximate surface area is 102 Å². The van der Waals surface area contributed by atoms with Gasteiger partial charge in [0.2, 0.25) is 0 Å². The molecule has 1 saturated carbocycles. The van der Waals surface area contributed by atoms with Crippen LogP contribution in [-0.2, 0) is 0 Å². The molecule has 2 nitrogen and oxygen atoms in total. The zero-order valence-corrected chi connectivity index (χ0v) is 10.8. The van der Waals surface area contributed by atoms with Crippen molar-refractivity contribution < 1.29 is 0 Å². The number of halogens is 1. The third kappa shape index (κ3) is 2.60. The molecule has 1 aromatic rings. The van der Waals surface area contributed by atoms with E-state index in [-0.39, 0.29) is 6.04 Å².